The third-order valence-corrected chi connectivity index (χ3v) is 5.74. The standard InChI is InChI=1S/C18H18ClN4O3PS/c1-2-24-27(28,25-17-10-8-16(19)9-11-17)26-22-18(12-23-14-20-13-21-23)15-6-4-3-5-7-15/h3-11,13-14H,2,12H2,1H3/b22-18+. The van der Waals surface area contributed by atoms with Gasteiger partial charge in [-0.15, -0.1) is 0 Å². The van der Waals surface area contributed by atoms with Crippen molar-refractivity contribution in [3.8, 4) is 5.75 Å². The van der Waals surface area contributed by atoms with Crippen LogP contribution in [0.4, 0.5) is 0 Å². The summed E-state index contributed by atoms with van der Waals surface area (Å²) >= 11 is 11.4. The number of hydrogen-bond acceptors (Lipinski definition) is 7. The highest BCUT2D eigenvalue weighted by Gasteiger charge is 2.24. The summed E-state index contributed by atoms with van der Waals surface area (Å²) in [4.78, 5) is 3.95. The van der Waals surface area contributed by atoms with E-state index >= 15 is 0 Å². The lowest BCUT2D eigenvalue weighted by molar-refractivity contribution is 0.216. The average Bonchev–Trinajstić information content (AvgIpc) is 3.21. The monoisotopic (exact) mass is 436 g/mol. The number of halogens is 1. The van der Waals surface area contributed by atoms with E-state index in [1.807, 2.05) is 37.3 Å². The summed E-state index contributed by atoms with van der Waals surface area (Å²) in [5.74, 6) is 0.494. The maximum Gasteiger partial charge on any atom is 0.455 e. The maximum absolute atomic E-state index is 5.91. The van der Waals surface area contributed by atoms with Gasteiger partial charge in [0.2, 0.25) is 0 Å². The topological polar surface area (TPSA) is 70.8 Å². The molecular weight excluding hydrogens is 419 g/mol. The van der Waals surface area contributed by atoms with E-state index in [1.54, 1.807) is 35.3 Å². The fourth-order valence-corrected chi connectivity index (χ4v) is 4.05. The van der Waals surface area contributed by atoms with Crippen LogP contribution in [0.15, 0.2) is 72.4 Å². The van der Waals surface area contributed by atoms with Crippen LogP contribution in [-0.2, 0) is 27.5 Å². The molecule has 1 heterocycles. The van der Waals surface area contributed by atoms with E-state index in [0.29, 0.717) is 29.6 Å². The van der Waals surface area contributed by atoms with E-state index in [0.717, 1.165) is 5.56 Å². The van der Waals surface area contributed by atoms with E-state index in [2.05, 4.69) is 15.2 Å². The number of rotatable bonds is 9. The molecule has 1 aromatic heterocycles. The minimum atomic E-state index is -3.16. The van der Waals surface area contributed by atoms with E-state index in [4.69, 9.17) is 37.1 Å². The second-order valence-corrected chi connectivity index (χ2v) is 8.77. The van der Waals surface area contributed by atoms with Gasteiger partial charge in [-0.25, -0.2) is 9.67 Å². The fourth-order valence-electron chi connectivity index (χ4n) is 2.22. The Morgan fingerprint density at radius 1 is 1.18 bits per heavy atom. The molecule has 0 spiro atoms. The third kappa shape index (κ3) is 5.87. The van der Waals surface area contributed by atoms with E-state index < -0.39 is 6.72 Å². The highest BCUT2D eigenvalue weighted by molar-refractivity contribution is 8.07. The molecular formula is C18H18ClN4O3PS. The normalized spacial score (nSPS) is 13.7. The van der Waals surface area contributed by atoms with Crippen molar-refractivity contribution >= 4 is 35.8 Å². The van der Waals surface area contributed by atoms with Gasteiger partial charge < -0.3 is 9.15 Å². The first-order valence-electron chi connectivity index (χ1n) is 8.41. The van der Waals surface area contributed by atoms with Crippen LogP contribution >= 0.6 is 18.3 Å². The van der Waals surface area contributed by atoms with Gasteiger partial charge in [-0.2, -0.15) is 5.10 Å². The molecule has 1 atom stereocenters. The van der Waals surface area contributed by atoms with Gasteiger partial charge >= 0.3 is 6.72 Å². The lowest BCUT2D eigenvalue weighted by atomic mass is 10.1. The average molecular weight is 437 g/mol. The Morgan fingerprint density at radius 3 is 2.57 bits per heavy atom. The summed E-state index contributed by atoms with van der Waals surface area (Å²) in [5, 5.41) is 8.98. The molecule has 3 aromatic rings. The molecule has 0 bridgehead atoms. The predicted molar refractivity (Wildman–Crippen MR) is 112 cm³/mol. The second kappa shape index (κ2) is 9.80. The zero-order valence-corrected chi connectivity index (χ0v) is 17.5. The molecule has 0 aliphatic carbocycles. The van der Waals surface area contributed by atoms with Gasteiger partial charge in [-0.3, -0.25) is 4.52 Å². The summed E-state index contributed by atoms with van der Waals surface area (Å²) in [6.45, 7) is -0.674. The number of nitrogens with zero attached hydrogens (tertiary/aromatic N) is 4. The Kier molecular flexibility index (Phi) is 7.17. The van der Waals surface area contributed by atoms with Crippen molar-refractivity contribution in [2.45, 2.75) is 13.5 Å². The predicted octanol–water partition coefficient (Wildman–Crippen LogP) is 4.69. The molecule has 0 radical (unpaired) electrons. The molecule has 0 aliphatic rings. The number of benzene rings is 2. The first kappa shape index (κ1) is 20.5. The Morgan fingerprint density at radius 2 is 1.93 bits per heavy atom. The van der Waals surface area contributed by atoms with Crippen LogP contribution in [0.5, 0.6) is 5.75 Å². The van der Waals surface area contributed by atoms with Crippen LogP contribution in [0.25, 0.3) is 0 Å². The van der Waals surface area contributed by atoms with Gasteiger partial charge in [0.1, 0.15) is 24.1 Å². The summed E-state index contributed by atoms with van der Waals surface area (Å²) in [6.07, 6.45) is 3.05. The SMILES string of the molecule is CCOP(=S)(O/N=C(\Cn1cncn1)c1ccccc1)Oc1ccc(Cl)cc1. The molecule has 0 saturated heterocycles. The first-order chi connectivity index (χ1) is 13.6. The van der Waals surface area contributed by atoms with Crippen LogP contribution in [-0.4, -0.2) is 27.1 Å². The Balaban J connectivity index is 1.84. The van der Waals surface area contributed by atoms with Crippen molar-refractivity contribution < 1.29 is 13.7 Å². The molecule has 28 heavy (non-hydrogen) atoms. The zero-order valence-electron chi connectivity index (χ0n) is 15.0. The van der Waals surface area contributed by atoms with Crippen molar-refractivity contribution in [1.82, 2.24) is 14.8 Å². The highest BCUT2D eigenvalue weighted by atomic mass is 35.5. The van der Waals surface area contributed by atoms with Gasteiger partial charge in [0.15, 0.2) is 0 Å². The third-order valence-electron chi connectivity index (χ3n) is 3.45. The molecule has 0 N–H and O–H groups in total. The Bertz CT molecular complexity index is 953. The number of aromatic nitrogens is 3. The molecule has 146 valence electrons. The van der Waals surface area contributed by atoms with Gasteiger partial charge in [0, 0.05) is 22.4 Å². The smallest absolute Gasteiger partial charge is 0.415 e. The van der Waals surface area contributed by atoms with Crippen LogP contribution < -0.4 is 4.52 Å². The van der Waals surface area contributed by atoms with Gasteiger partial charge in [0.05, 0.1) is 13.2 Å². The largest absolute Gasteiger partial charge is 0.455 e. The molecule has 10 heteroatoms. The van der Waals surface area contributed by atoms with Crippen molar-refractivity contribution in [3.05, 3.63) is 77.8 Å². The van der Waals surface area contributed by atoms with Crippen LogP contribution in [0.2, 0.25) is 5.02 Å². The zero-order chi connectivity index (χ0) is 19.8. The summed E-state index contributed by atoms with van der Waals surface area (Å²) in [6, 6.07) is 16.4. The van der Waals surface area contributed by atoms with Crippen molar-refractivity contribution in [2.24, 2.45) is 5.16 Å². The lowest BCUT2D eigenvalue weighted by Crippen LogP contribution is -2.13. The first-order valence-corrected chi connectivity index (χ1v) is 11.3. The lowest BCUT2D eigenvalue weighted by Gasteiger charge is -2.19. The molecule has 0 amide bonds. The van der Waals surface area contributed by atoms with Gasteiger partial charge in [0.25, 0.3) is 0 Å². The number of oxime groups is 1. The second-order valence-electron chi connectivity index (χ2n) is 5.49. The Hall–Kier alpha value is -2.25. The summed E-state index contributed by atoms with van der Waals surface area (Å²) in [5.41, 5.74) is 1.47. The van der Waals surface area contributed by atoms with E-state index in [9.17, 15) is 0 Å². The van der Waals surface area contributed by atoms with Crippen LogP contribution in [0.1, 0.15) is 12.5 Å². The Labute approximate surface area is 173 Å². The molecule has 0 aliphatic heterocycles. The van der Waals surface area contributed by atoms with Crippen LogP contribution in [0.3, 0.4) is 0 Å². The minimum Gasteiger partial charge on any atom is -0.415 e. The van der Waals surface area contributed by atoms with Crippen LogP contribution in [0, 0.1) is 0 Å². The van der Waals surface area contributed by atoms with Gasteiger partial charge in [-0.1, -0.05) is 47.1 Å². The van der Waals surface area contributed by atoms with Crippen molar-refractivity contribution in [1.29, 1.82) is 0 Å². The highest BCUT2D eigenvalue weighted by Crippen LogP contribution is 2.50. The fraction of sp³-hybridized carbons (Fsp3) is 0.167. The van der Waals surface area contributed by atoms with Gasteiger partial charge in [-0.05, 0) is 31.2 Å². The molecule has 7 nitrogen and oxygen atoms in total. The summed E-state index contributed by atoms with van der Waals surface area (Å²) in [7, 11) is 0. The summed E-state index contributed by atoms with van der Waals surface area (Å²) < 4.78 is 18.7. The number of hydrogen-bond donors (Lipinski definition) is 0. The maximum atomic E-state index is 5.91. The molecule has 1 unspecified atom stereocenters. The quantitative estimate of drug-likeness (QED) is 0.275. The molecule has 0 fully saturated rings. The minimum absolute atomic E-state index is 0.324. The molecule has 3 rings (SSSR count). The van der Waals surface area contributed by atoms with Crippen molar-refractivity contribution in [2.75, 3.05) is 6.61 Å². The molecule has 2 aromatic carbocycles. The van der Waals surface area contributed by atoms with E-state index in [1.165, 1.54) is 6.33 Å². The molecule has 0 saturated carbocycles. The van der Waals surface area contributed by atoms with E-state index in [-0.39, 0.29) is 0 Å². The van der Waals surface area contributed by atoms with Crippen molar-refractivity contribution in [3.63, 3.8) is 0 Å².